The molecular formula is C30H41N7O5. The molecule has 0 aliphatic carbocycles. The van der Waals surface area contributed by atoms with Gasteiger partial charge in [0.25, 0.3) is 0 Å². The van der Waals surface area contributed by atoms with E-state index in [2.05, 4.69) is 36.9 Å². The van der Waals surface area contributed by atoms with E-state index in [0.717, 1.165) is 0 Å². The van der Waals surface area contributed by atoms with Crippen molar-refractivity contribution in [2.75, 3.05) is 18.4 Å². The lowest BCUT2D eigenvalue weighted by atomic mass is 9.94. The van der Waals surface area contributed by atoms with Crippen molar-refractivity contribution in [3.8, 4) is 0 Å². The summed E-state index contributed by atoms with van der Waals surface area (Å²) < 4.78 is 0. The van der Waals surface area contributed by atoms with Gasteiger partial charge in [-0.25, -0.2) is 4.98 Å². The number of nitrogens with one attached hydrogen (secondary N) is 6. The monoisotopic (exact) mass is 579 g/mol. The van der Waals surface area contributed by atoms with Crippen LogP contribution in [0.4, 0.5) is 5.82 Å². The largest absolute Gasteiger partial charge is 0.370 e. The normalized spacial score (nSPS) is 24.0. The maximum atomic E-state index is 13.7. The van der Waals surface area contributed by atoms with Crippen molar-refractivity contribution >= 4 is 35.4 Å². The van der Waals surface area contributed by atoms with Gasteiger partial charge in [-0.1, -0.05) is 57.2 Å². The lowest BCUT2D eigenvalue weighted by Gasteiger charge is -2.33. The highest BCUT2D eigenvalue weighted by Gasteiger charge is 2.38. The van der Waals surface area contributed by atoms with E-state index in [-0.39, 0.29) is 31.7 Å². The van der Waals surface area contributed by atoms with Crippen LogP contribution in [0.5, 0.6) is 0 Å². The molecule has 6 N–H and O–H groups in total. The van der Waals surface area contributed by atoms with E-state index < -0.39 is 53.2 Å². The predicted molar refractivity (Wildman–Crippen MR) is 158 cm³/mol. The van der Waals surface area contributed by atoms with E-state index >= 15 is 0 Å². The number of nitrogens with zero attached hydrogens (tertiary/aromatic N) is 1. The number of hydrogen-bond donors (Lipinski definition) is 6. The molecule has 2 heterocycles. The topological polar surface area (TPSA) is 170 Å². The van der Waals surface area contributed by atoms with E-state index in [0.29, 0.717) is 17.9 Å². The molecule has 1 aliphatic rings. The van der Waals surface area contributed by atoms with Crippen molar-refractivity contribution in [2.45, 2.75) is 70.6 Å². The first-order chi connectivity index (χ1) is 20.0. The summed E-state index contributed by atoms with van der Waals surface area (Å²) in [5.41, 5.74) is -0.884. The highest BCUT2D eigenvalue weighted by Crippen LogP contribution is 2.17. The first kappa shape index (κ1) is 32.0. The number of carbonyl (C=O) groups is 5. The van der Waals surface area contributed by atoms with Gasteiger partial charge in [-0.3, -0.25) is 24.0 Å². The average molecular weight is 580 g/mol. The van der Waals surface area contributed by atoms with Crippen molar-refractivity contribution in [2.24, 2.45) is 5.92 Å². The third-order valence-corrected chi connectivity index (χ3v) is 7.10. The zero-order valence-corrected chi connectivity index (χ0v) is 24.5. The molecule has 42 heavy (non-hydrogen) atoms. The summed E-state index contributed by atoms with van der Waals surface area (Å²) in [5, 5.41) is 17.0. The molecule has 1 aromatic heterocycles. The van der Waals surface area contributed by atoms with Gasteiger partial charge in [0, 0.05) is 25.2 Å². The summed E-state index contributed by atoms with van der Waals surface area (Å²) in [4.78, 5) is 70.7. The van der Waals surface area contributed by atoms with Gasteiger partial charge < -0.3 is 31.9 Å². The number of aromatic nitrogens is 1. The Hall–Kier alpha value is -4.48. The molecule has 0 saturated carbocycles. The van der Waals surface area contributed by atoms with E-state index in [9.17, 15) is 24.0 Å². The minimum absolute atomic E-state index is 0.0234. The van der Waals surface area contributed by atoms with Crippen LogP contribution in [0.1, 0.15) is 58.6 Å². The van der Waals surface area contributed by atoms with Gasteiger partial charge in [-0.2, -0.15) is 0 Å². The molecule has 0 spiro atoms. The molecule has 1 saturated heterocycles. The van der Waals surface area contributed by atoms with Crippen LogP contribution in [0.15, 0.2) is 54.7 Å². The Bertz CT molecular complexity index is 1240. The van der Waals surface area contributed by atoms with E-state index in [1.165, 1.54) is 0 Å². The second kappa shape index (κ2) is 14.9. The van der Waals surface area contributed by atoms with Crippen LogP contribution in [0.25, 0.3) is 0 Å². The molecule has 226 valence electrons. The highest BCUT2D eigenvalue weighted by molar-refractivity contribution is 5.97. The number of pyridine rings is 1. The number of hydrogen-bond acceptors (Lipinski definition) is 7. The Morgan fingerprint density at radius 3 is 2.29 bits per heavy atom. The van der Waals surface area contributed by atoms with Gasteiger partial charge in [-0.15, -0.1) is 0 Å². The van der Waals surface area contributed by atoms with Crippen LogP contribution in [0.2, 0.25) is 0 Å². The molecule has 1 unspecified atom stereocenters. The summed E-state index contributed by atoms with van der Waals surface area (Å²) >= 11 is 0. The Morgan fingerprint density at radius 2 is 1.64 bits per heavy atom. The molecule has 5 amide bonds. The quantitative estimate of drug-likeness (QED) is 0.273. The van der Waals surface area contributed by atoms with Crippen LogP contribution in [-0.4, -0.2) is 65.2 Å². The highest BCUT2D eigenvalue weighted by atomic mass is 16.2. The molecule has 2 aromatic rings. The summed E-state index contributed by atoms with van der Waals surface area (Å²) in [6.45, 7) is 7.03. The molecule has 1 fully saturated rings. The minimum Gasteiger partial charge on any atom is -0.370 e. The lowest BCUT2D eigenvalue weighted by Crippen LogP contribution is -2.63. The lowest BCUT2D eigenvalue weighted by molar-refractivity contribution is -0.138. The summed E-state index contributed by atoms with van der Waals surface area (Å²) in [5.74, 6) is -2.31. The fraction of sp³-hybridized carbons (Fsp3) is 0.467. The standard InChI is InChI=1S/C30H41N7O5/c1-5-21-26(39)36-24(20-11-7-6-8-12-20)28(41)33-18-15-30(4,37-25(38)19(2)3)29(42)35-22(27(40)34-21)14-17-32-23-13-9-10-16-31-23/h6-13,16,19,21-22,24H,5,14-15,17-18H2,1-4H3,(H,31,32)(H,33,41)(H,34,40)(H,35,42)(H,36,39)(H,37,38)/t21-,22?,24+,30+/m0/s1. The van der Waals surface area contributed by atoms with Crippen molar-refractivity contribution < 1.29 is 24.0 Å². The van der Waals surface area contributed by atoms with Crippen LogP contribution < -0.4 is 31.9 Å². The van der Waals surface area contributed by atoms with Crippen LogP contribution in [0.3, 0.4) is 0 Å². The fourth-order valence-electron chi connectivity index (χ4n) is 4.40. The number of rotatable bonds is 8. The van der Waals surface area contributed by atoms with Gasteiger partial charge in [0.2, 0.25) is 29.5 Å². The smallest absolute Gasteiger partial charge is 0.247 e. The Morgan fingerprint density at radius 1 is 0.952 bits per heavy atom. The van der Waals surface area contributed by atoms with Crippen molar-refractivity contribution in [1.29, 1.82) is 0 Å². The first-order valence-electron chi connectivity index (χ1n) is 14.3. The van der Waals surface area contributed by atoms with Gasteiger partial charge in [0.15, 0.2) is 0 Å². The predicted octanol–water partition coefficient (Wildman–Crippen LogP) is 1.17. The maximum Gasteiger partial charge on any atom is 0.247 e. The van der Waals surface area contributed by atoms with Crippen LogP contribution in [0, 0.1) is 5.92 Å². The minimum atomic E-state index is -1.44. The summed E-state index contributed by atoms with van der Waals surface area (Å²) in [7, 11) is 0. The number of anilines is 1. The van der Waals surface area contributed by atoms with Crippen molar-refractivity contribution in [3.63, 3.8) is 0 Å². The first-order valence-corrected chi connectivity index (χ1v) is 14.3. The zero-order valence-electron chi connectivity index (χ0n) is 24.5. The molecule has 1 aliphatic heterocycles. The molecule has 0 radical (unpaired) electrons. The Labute approximate surface area is 246 Å². The second-order valence-corrected chi connectivity index (χ2v) is 10.8. The van der Waals surface area contributed by atoms with Crippen LogP contribution >= 0.6 is 0 Å². The number of benzene rings is 1. The molecule has 3 rings (SSSR count). The number of amides is 5. The zero-order chi connectivity index (χ0) is 30.7. The van der Waals surface area contributed by atoms with Crippen molar-refractivity contribution in [1.82, 2.24) is 31.6 Å². The number of carbonyl (C=O) groups excluding carboxylic acids is 5. The Kier molecular flexibility index (Phi) is 11.4. The molecule has 1 aromatic carbocycles. The van der Waals surface area contributed by atoms with E-state index in [4.69, 9.17) is 0 Å². The van der Waals surface area contributed by atoms with Gasteiger partial charge in [0.05, 0.1) is 0 Å². The van der Waals surface area contributed by atoms with Crippen LogP contribution in [-0.2, 0) is 24.0 Å². The molecular weight excluding hydrogens is 538 g/mol. The van der Waals surface area contributed by atoms with E-state index in [1.807, 2.05) is 6.07 Å². The Balaban J connectivity index is 1.93. The molecule has 12 nitrogen and oxygen atoms in total. The third kappa shape index (κ3) is 8.76. The molecule has 12 heteroatoms. The molecule has 4 atom stereocenters. The van der Waals surface area contributed by atoms with Gasteiger partial charge in [0.1, 0.15) is 29.5 Å². The van der Waals surface area contributed by atoms with Gasteiger partial charge >= 0.3 is 0 Å². The SMILES string of the molecule is CC[C@@H]1NC(=O)C(CCNc2ccccn2)NC(=O)[C@](C)(NC(=O)C(C)C)CCNC(=O)[C@@H](c2ccccc2)NC1=O. The van der Waals surface area contributed by atoms with Crippen molar-refractivity contribution in [3.05, 3.63) is 60.3 Å². The molecule has 0 bridgehead atoms. The summed E-state index contributed by atoms with van der Waals surface area (Å²) in [6.07, 6.45) is 2.09. The average Bonchev–Trinajstić information content (AvgIpc) is 2.98. The summed E-state index contributed by atoms with van der Waals surface area (Å²) in [6, 6.07) is 11.1. The van der Waals surface area contributed by atoms with Gasteiger partial charge in [-0.05, 0) is 43.9 Å². The third-order valence-electron chi connectivity index (χ3n) is 7.10. The van der Waals surface area contributed by atoms with E-state index in [1.54, 1.807) is 76.4 Å². The maximum absolute atomic E-state index is 13.7. The second-order valence-electron chi connectivity index (χ2n) is 10.8. The fourth-order valence-corrected chi connectivity index (χ4v) is 4.40.